The lowest BCUT2D eigenvalue weighted by Crippen LogP contribution is -2.45. The molecule has 0 aliphatic carbocycles. The first-order chi connectivity index (χ1) is 6.86. The molecule has 14 heavy (non-hydrogen) atoms. The summed E-state index contributed by atoms with van der Waals surface area (Å²) in [4.78, 5) is 4.40. The highest BCUT2D eigenvalue weighted by atomic mass is 35.5. The largest absolute Gasteiger partial charge is 0.370 e. The van der Waals surface area contributed by atoms with E-state index in [0.717, 1.165) is 31.9 Å². The van der Waals surface area contributed by atoms with Gasteiger partial charge in [-0.3, -0.25) is 4.99 Å². The number of piperidine rings is 1. The van der Waals surface area contributed by atoms with E-state index in [4.69, 9.17) is 11.6 Å². The van der Waals surface area contributed by atoms with Crippen LogP contribution in [0.3, 0.4) is 0 Å². The Bertz CT molecular complexity index is 176. The third-order valence-electron chi connectivity index (χ3n) is 2.39. The second kappa shape index (κ2) is 7.07. The molecule has 0 radical (unpaired) electrons. The van der Waals surface area contributed by atoms with E-state index in [1.165, 1.54) is 12.8 Å². The Morgan fingerprint density at radius 3 is 3.07 bits per heavy atom. The Hall–Kier alpha value is -0.280. The predicted octanol–water partition coefficient (Wildman–Crippen LogP) is 1.38. The molecule has 0 aromatic carbocycles. The van der Waals surface area contributed by atoms with Gasteiger partial charge in [0.1, 0.15) is 0 Å². The molecule has 0 amide bonds. The van der Waals surface area contributed by atoms with E-state index in [2.05, 4.69) is 22.5 Å². The Morgan fingerprint density at radius 1 is 1.64 bits per heavy atom. The summed E-state index contributed by atoms with van der Waals surface area (Å²) in [5.41, 5.74) is 0. The van der Waals surface area contributed by atoms with Gasteiger partial charge < -0.3 is 10.6 Å². The van der Waals surface area contributed by atoms with Crippen molar-refractivity contribution in [1.82, 2.24) is 10.6 Å². The summed E-state index contributed by atoms with van der Waals surface area (Å²) in [6, 6.07) is 0.553. The quantitative estimate of drug-likeness (QED) is 0.424. The maximum Gasteiger partial charge on any atom is 0.0963 e. The summed E-state index contributed by atoms with van der Waals surface area (Å²) in [6.07, 6.45) is 3.46. The van der Waals surface area contributed by atoms with E-state index in [1.807, 2.05) is 0 Å². The molecule has 2 N–H and O–H groups in total. The molecule has 1 unspecified atom stereocenters. The van der Waals surface area contributed by atoms with Crippen LogP contribution in [-0.4, -0.2) is 37.4 Å². The Morgan fingerprint density at radius 2 is 2.50 bits per heavy atom. The fourth-order valence-electron chi connectivity index (χ4n) is 1.65. The number of aliphatic imine (C=N–C) groups is 1. The van der Waals surface area contributed by atoms with Gasteiger partial charge in [0.2, 0.25) is 0 Å². The molecule has 0 aromatic heterocycles. The van der Waals surface area contributed by atoms with Crippen LogP contribution in [0, 0.1) is 0 Å². The third kappa shape index (κ3) is 4.29. The lowest BCUT2D eigenvalue weighted by Gasteiger charge is -2.25. The SMILES string of the molecule is CCC(=NCCCl)NC1CCCNC1. The Labute approximate surface area is 91.3 Å². The first-order valence-corrected chi connectivity index (χ1v) is 5.96. The van der Waals surface area contributed by atoms with Gasteiger partial charge in [0.15, 0.2) is 0 Å². The fraction of sp³-hybridized carbons (Fsp3) is 0.900. The molecule has 82 valence electrons. The molecule has 0 saturated carbocycles. The maximum atomic E-state index is 5.60. The number of hydrogen-bond acceptors (Lipinski definition) is 2. The molecule has 0 bridgehead atoms. The van der Waals surface area contributed by atoms with Crippen molar-refractivity contribution in [3.63, 3.8) is 0 Å². The van der Waals surface area contributed by atoms with Gasteiger partial charge in [-0.05, 0) is 19.4 Å². The molecule has 3 nitrogen and oxygen atoms in total. The molecule has 0 aromatic rings. The number of halogens is 1. The van der Waals surface area contributed by atoms with Crippen LogP contribution in [0.15, 0.2) is 4.99 Å². The van der Waals surface area contributed by atoms with Crippen LogP contribution in [0.1, 0.15) is 26.2 Å². The molecule has 1 fully saturated rings. The van der Waals surface area contributed by atoms with Crippen molar-refractivity contribution in [3.8, 4) is 0 Å². The number of nitrogens with one attached hydrogen (secondary N) is 2. The number of hydrogen-bond donors (Lipinski definition) is 2. The molecule has 1 rings (SSSR count). The minimum atomic E-state index is 0.553. The second-order valence-corrected chi connectivity index (χ2v) is 3.94. The van der Waals surface area contributed by atoms with E-state index in [-0.39, 0.29) is 0 Å². The monoisotopic (exact) mass is 217 g/mol. The third-order valence-corrected chi connectivity index (χ3v) is 2.56. The zero-order valence-corrected chi connectivity index (χ0v) is 9.61. The van der Waals surface area contributed by atoms with Gasteiger partial charge in [-0.1, -0.05) is 6.92 Å². The normalized spacial score (nSPS) is 23.6. The van der Waals surface area contributed by atoms with Crippen LogP contribution in [0.5, 0.6) is 0 Å². The van der Waals surface area contributed by atoms with Gasteiger partial charge in [-0.15, -0.1) is 11.6 Å². The van der Waals surface area contributed by atoms with Crippen molar-refractivity contribution in [2.24, 2.45) is 4.99 Å². The smallest absolute Gasteiger partial charge is 0.0963 e. The molecule has 1 aliphatic heterocycles. The number of rotatable bonds is 4. The average Bonchev–Trinajstić information content (AvgIpc) is 2.25. The van der Waals surface area contributed by atoms with Crippen LogP contribution in [0.4, 0.5) is 0 Å². The van der Waals surface area contributed by atoms with Crippen LogP contribution < -0.4 is 10.6 Å². The first kappa shape index (κ1) is 11.8. The van der Waals surface area contributed by atoms with E-state index in [9.17, 15) is 0 Å². The number of alkyl halides is 1. The van der Waals surface area contributed by atoms with Crippen molar-refractivity contribution in [2.75, 3.05) is 25.5 Å². The van der Waals surface area contributed by atoms with Crippen molar-refractivity contribution >= 4 is 17.4 Å². The first-order valence-electron chi connectivity index (χ1n) is 5.43. The van der Waals surface area contributed by atoms with Crippen LogP contribution >= 0.6 is 11.6 Å². The molecular weight excluding hydrogens is 198 g/mol. The summed E-state index contributed by atoms with van der Waals surface area (Å²) in [7, 11) is 0. The Kier molecular flexibility index (Phi) is 5.96. The van der Waals surface area contributed by atoms with E-state index >= 15 is 0 Å². The number of nitrogens with zero attached hydrogens (tertiary/aromatic N) is 1. The van der Waals surface area contributed by atoms with Crippen LogP contribution in [0.25, 0.3) is 0 Å². The topological polar surface area (TPSA) is 36.4 Å². The zero-order chi connectivity index (χ0) is 10.2. The highest BCUT2D eigenvalue weighted by molar-refractivity contribution is 6.18. The maximum absolute atomic E-state index is 5.60. The summed E-state index contributed by atoms with van der Waals surface area (Å²) >= 11 is 5.60. The second-order valence-electron chi connectivity index (χ2n) is 3.56. The van der Waals surface area contributed by atoms with Crippen molar-refractivity contribution in [2.45, 2.75) is 32.2 Å². The molecule has 1 atom stereocenters. The van der Waals surface area contributed by atoms with Crippen molar-refractivity contribution < 1.29 is 0 Å². The van der Waals surface area contributed by atoms with Gasteiger partial charge in [-0.25, -0.2) is 0 Å². The summed E-state index contributed by atoms with van der Waals surface area (Å²) in [5.74, 6) is 1.70. The highest BCUT2D eigenvalue weighted by Crippen LogP contribution is 2.01. The van der Waals surface area contributed by atoms with Gasteiger partial charge in [0, 0.05) is 24.9 Å². The summed E-state index contributed by atoms with van der Waals surface area (Å²) < 4.78 is 0. The lowest BCUT2D eigenvalue weighted by atomic mass is 10.1. The molecule has 1 saturated heterocycles. The van der Waals surface area contributed by atoms with Gasteiger partial charge in [-0.2, -0.15) is 0 Å². The molecular formula is C10H20ClN3. The Balaban J connectivity index is 2.30. The zero-order valence-electron chi connectivity index (χ0n) is 8.85. The molecule has 0 spiro atoms. The summed E-state index contributed by atoms with van der Waals surface area (Å²) in [6.45, 7) is 5.05. The van der Waals surface area contributed by atoms with Gasteiger partial charge in [0.05, 0.1) is 12.4 Å². The van der Waals surface area contributed by atoms with E-state index in [1.54, 1.807) is 0 Å². The summed E-state index contributed by atoms with van der Waals surface area (Å²) in [5, 5.41) is 6.85. The van der Waals surface area contributed by atoms with E-state index < -0.39 is 0 Å². The molecule has 1 heterocycles. The standard InChI is InChI=1S/C10H20ClN3/c1-2-10(13-7-5-11)14-9-4-3-6-12-8-9/h9,12H,2-8H2,1H3,(H,13,14). The minimum Gasteiger partial charge on any atom is -0.370 e. The lowest BCUT2D eigenvalue weighted by molar-refractivity contribution is 0.429. The fourth-order valence-corrected chi connectivity index (χ4v) is 1.73. The molecule has 1 aliphatic rings. The van der Waals surface area contributed by atoms with E-state index in [0.29, 0.717) is 11.9 Å². The highest BCUT2D eigenvalue weighted by Gasteiger charge is 2.12. The van der Waals surface area contributed by atoms with Crippen LogP contribution in [-0.2, 0) is 0 Å². The molecule has 4 heteroatoms. The van der Waals surface area contributed by atoms with Crippen molar-refractivity contribution in [1.29, 1.82) is 0 Å². The van der Waals surface area contributed by atoms with Gasteiger partial charge in [0.25, 0.3) is 0 Å². The predicted molar refractivity (Wildman–Crippen MR) is 62.3 cm³/mol. The average molecular weight is 218 g/mol. The minimum absolute atomic E-state index is 0.553. The van der Waals surface area contributed by atoms with Gasteiger partial charge >= 0.3 is 0 Å². The van der Waals surface area contributed by atoms with Crippen LogP contribution in [0.2, 0.25) is 0 Å². The number of amidine groups is 1. The van der Waals surface area contributed by atoms with Crippen molar-refractivity contribution in [3.05, 3.63) is 0 Å².